The Labute approximate surface area is 95.6 Å². The number of aryl methyl sites for hydroxylation is 1. The molecule has 0 fully saturated rings. The van der Waals surface area contributed by atoms with E-state index in [4.69, 9.17) is 5.11 Å². The summed E-state index contributed by atoms with van der Waals surface area (Å²) in [5.41, 5.74) is 0.994. The largest absolute Gasteiger partial charge is 0.394 e. The van der Waals surface area contributed by atoms with Gasteiger partial charge < -0.3 is 9.90 Å². The van der Waals surface area contributed by atoms with Crippen molar-refractivity contribution < 1.29 is 19.0 Å². The van der Waals surface area contributed by atoms with Gasteiger partial charge in [-0.05, 0) is 19.1 Å². The number of benzene rings is 1. The Bertz CT molecular complexity index is 352. The van der Waals surface area contributed by atoms with Crippen LogP contribution in [0.3, 0.4) is 0 Å². The molecule has 0 aliphatic carbocycles. The lowest BCUT2D eigenvalue weighted by Gasteiger charge is -2.34. The van der Waals surface area contributed by atoms with Crippen LogP contribution in [0.5, 0.6) is 0 Å². The Morgan fingerprint density at radius 1 is 1.38 bits per heavy atom. The molecule has 0 amide bonds. The first-order chi connectivity index (χ1) is 7.49. The zero-order chi connectivity index (χ0) is 12.2. The second-order valence-corrected chi connectivity index (χ2v) is 5.21. The molecule has 0 bridgehead atoms. The number of carbonyl (C=O) groups excluding carboxylic acids is 1. The fraction of sp³-hybridized carbons (Fsp3) is 0.300. The van der Waals surface area contributed by atoms with Gasteiger partial charge in [0.2, 0.25) is 0 Å². The third kappa shape index (κ3) is 3.29. The molecule has 1 aromatic rings. The van der Waals surface area contributed by atoms with Gasteiger partial charge in [-0.2, -0.15) is 0 Å². The average molecular weight is 245 g/mol. The second kappa shape index (κ2) is 5.42. The molecule has 90 valence electrons. The van der Waals surface area contributed by atoms with Crippen LogP contribution >= 0.6 is 10.8 Å². The molecule has 1 aromatic carbocycles. The van der Waals surface area contributed by atoms with E-state index in [1.165, 1.54) is 0 Å². The molecule has 0 aliphatic rings. The molecular weight excluding hydrogens is 230 g/mol. The van der Waals surface area contributed by atoms with E-state index in [1.54, 1.807) is 24.3 Å². The molecule has 6 heteroatoms. The number of hydrogen-bond donors (Lipinski definition) is 4. The van der Waals surface area contributed by atoms with E-state index in [0.717, 1.165) is 5.56 Å². The third-order valence-corrected chi connectivity index (χ3v) is 3.59. The van der Waals surface area contributed by atoms with E-state index in [2.05, 4.69) is 4.72 Å². The average Bonchev–Trinajstić information content (AvgIpc) is 2.26. The molecule has 1 atom stereocenters. The summed E-state index contributed by atoms with van der Waals surface area (Å²) >= 11 is 0. The minimum Gasteiger partial charge on any atom is -0.394 e. The summed E-state index contributed by atoms with van der Waals surface area (Å²) in [7, 11) is -3.24. The normalized spacial score (nSPS) is 14.5. The highest BCUT2D eigenvalue weighted by Crippen LogP contribution is 2.44. The molecule has 0 saturated heterocycles. The van der Waals surface area contributed by atoms with Crippen molar-refractivity contribution in [2.75, 3.05) is 6.61 Å². The Morgan fingerprint density at radius 2 is 1.94 bits per heavy atom. The van der Waals surface area contributed by atoms with E-state index in [1.807, 2.05) is 6.92 Å². The maximum absolute atomic E-state index is 10.5. The van der Waals surface area contributed by atoms with Crippen LogP contribution in [0.2, 0.25) is 0 Å². The first-order valence-electron chi connectivity index (χ1n) is 4.68. The van der Waals surface area contributed by atoms with E-state index in [-0.39, 0.29) is 0 Å². The smallest absolute Gasteiger partial charge is 0.140 e. The van der Waals surface area contributed by atoms with Crippen molar-refractivity contribution in [3.63, 3.8) is 0 Å². The quantitative estimate of drug-likeness (QED) is 0.585. The summed E-state index contributed by atoms with van der Waals surface area (Å²) in [6, 6.07) is 5.62. The molecule has 5 nitrogen and oxygen atoms in total. The number of rotatable bonds is 5. The highest BCUT2D eigenvalue weighted by atomic mass is 32.3. The maximum Gasteiger partial charge on any atom is 0.140 e. The Balaban J connectivity index is 2.84. The Kier molecular flexibility index (Phi) is 4.45. The van der Waals surface area contributed by atoms with Gasteiger partial charge in [-0.25, -0.2) is 4.72 Å². The summed E-state index contributed by atoms with van der Waals surface area (Å²) in [6.07, 6.45) is 0.433. The molecule has 0 heterocycles. The summed E-state index contributed by atoms with van der Waals surface area (Å²) in [5.74, 6) is 0. The van der Waals surface area contributed by atoms with Gasteiger partial charge in [0.05, 0.1) is 11.5 Å². The highest BCUT2D eigenvalue weighted by Gasteiger charge is 2.19. The molecule has 0 aromatic heterocycles. The van der Waals surface area contributed by atoms with Crippen LogP contribution in [0.25, 0.3) is 0 Å². The minimum atomic E-state index is -3.24. The van der Waals surface area contributed by atoms with Crippen molar-refractivity contribution in [1.29, 1.82) is 0 Å². The molecule has 0 saturated carbocycles. The summed E-state index contributed by atoms with van der Waals surface area (Å²) in [6.45, 7) is 1.40. The summed E-state index contributed by atoms with van der Waals surface area (Å²) in [4.78, 5) is 10.8. The van der Waals surface area contributed by atoms with Crippen molar-refractivity contribution >= 4 is 17.1 Å². The standard InChI is InChI=1S/C10H15NO4S/c1-8-2-4-10(5-3-8)16(14,15)11-9(6-12)7-13/h2-6,9,11,13-15H,7H2,1H3. The number of hydrogen-bond acceptors (Lipinski definition) is 5. The first kappa shape index (κ1) is 13.1. The molecule has 1 rings (SSSR count). The van der Waals surface area contributed by atoms with Crippen molar-refractivity contribution in [2.24, 2.45) is 0 Å². The number of aldehydes is 1. The van der Waals surface area contributed by atoms with E-state index in [9.17, 15) is 13.9 Å². The molecule has 16 heavy (non-hydrogen) atoms. The van der Waals surface area contributed by atoms with Crippen molar-refractivity contribution in [3.05, 3.63) is 29.8 Å². The fourth-order valence-corrected chi connectivity index (χ4v) is 2.32. The lowest BCUT2D eigenvalue weighted by atomic mass is 10.2. The molecule has 4 N–H and O–H groups in total. The van der Waals surface area contributed by atoms with Gasteiger partial charge >= 0.3 is 0 Å². The highest BCUT2D eigenvalue weighted by molar-refractivity contribution is 8.22. The van der Waals surface area contributed by atoms with Gasteiger partial charge in [0.1, 0.15) is 12.3 Å². The minimum absolute atomic E-state index is 0.290. The topological polar surface area (TPSA) is 89.8 Å². The van der Waals surface area contributed by atoms with E-state index >= 15 is 0 Å². The van der Waals surface area contributed by atoms with Gasteiger partial charge in [-0.15, -0.1) is 10.8 Å². The SMILES string of the molecule is Cc1ccc(S(O)(O)NC(C=O)CO)cc1. The van der Waals surface area contributed by atoms with Gasteiger partial charge in [0.15, 0.2) is 0 Å². The zero-order valence-electron chi connectivity index (χ0n) is 8.83. The second-order valence-electron chi connectivity index (χ2n) is 3.40. The van der Waals surface area contributed by atoms with E-state index in [0.29, 0.717) is 11.2 Å². The summed E-state index contributed by atoms with van der Waals surface area (Å²) in [5, 5.41) is 8.78. The van der Waals surface area contributed by atoms with Gasteiger partial charge in [0.25, 0.3) is 0 Å². The maximum atomic E-state index is 10.5. The van der Waals surface area contributed by atoms with Crippen LogP contribution in [0.4, 0.5) is 0 Å². The predicted octanol–water partition coefficient (Wildman–Crippen LogP) is 1.17. The molecular formula is C10H15NO4S. The first-order valence-corrected chi connectivity index (χ1v) is 6.22. The van der Waals surface area contributed by atoms with Crippen LogP contribution in [-0.2, 0) is 4.79 Å². The Morgan fingerprint density at radius 3 is 2.38 bits per heavy atom. The van der Waals surface area contributed by atoms with Crippen LogP contribution in [0, 0.1) is 6.92 Å². The van der Waals surface area contributed by atoms with Crippen molar-refractivity contribution in [3.8, 4) is 0 Å². The number of aliphatic hydroxyl groups is 1. The molecule has 0 radical (unpaired) electrons. The van der Waals surface area contributed by atoms with Crippen molar-refractivity contribution in [1.82, 2.24) is 4.72 Å². The van der Waals surface area contributed by atoms with E-state index < -0.39 is 23.4 Å². The lowest BCUT2D eigenvalue weighted by Crippen LogP contribution is -2.36. The predicted molar refractivity (Wildman–Crippen MR) is 62.4 cm³/mol. The number of nitrogens with one attached hydrogen (secondary N) is 1. The molecule has 0 spiro atoms. The van der Waals surface area contributed by atoms with Crippen LogP contribution < -0.4 is 4.72 Å². The summed E-state index contributed by atoms with van der Waals surface area (Å²) < 4.78 is 21.8. The number of carbonyl (C=O) groups is 1. The molecule has 0 aliphatic heterocycles. The monoisotopic (exact) mass is 245 g/mol. The van der Waals surface area contributed by atoms with Gasteiger partial charge in [0, 0.05) is 0 Å². The Hall–Kier alpha value is -0.920. The zero-order valence-corrected chi connectivity index (χ0v) is 9.65. The van der Waals surface area contributed by atoms with Crippen LogP contribution in [0.15, 0.2) is 29.2 Å². The van der Waals surface area contributed by atoms with Gasteiger partial charge in [-0.1, -0.05) is 17.7 Å². The fourth-order valence-electron chi connectivity index (χ4n) is 1.12. The van der Waals surface area contributed by atoms with Crippen LogP contribution in [-0.4, -0.2) is 33.1 Å². The number of aliphatic hydroxyl groups excluding tert-OH is 1. The van der Waals surface area contributed by atoms with Crippen LogP contribution in [0.1, 0.15) is 5.56 Å². The lowest BCUT2D eigenvalue weighted by molar-refractivity contribution is -0.110. The van der Waals surface area contributed by atoms with Gasteiger partial charge in [-0.3, -0.25) is 9.11 Å². The third-order valence-electron chi connectivity index (χ3n) is 2.03. The van der Waals surface area contributed by atoms with Crippen molar-refractivity contribution in [2.45, 2.75) is 17.9 Å². The molecule has 1 unspecified atom stereocenters.